The van der Waals surface area contributed by atoms with E-state index >= 15 is 0 Å². The number of ether oxygens (including phenoxy) is 1. The number of thiophene rings is 1. The summed E-state index contributed by atoms with van der Waals surface area (Å²) in [7, 11) is 1.67. The zero-order valence-corrected chi connectivity index (χ0v) is 15.9. The SMILES string of the molecule is COc1ccccc1CSc1nc2sc3c(c2c(=O)[nH]1)CC[C@@H](C)C3. The van der Waals surface area contributed by atoms with Crippen LogP contribution in [0.5, 0.6) is 5.75 Å². The zero-order chi connectivity index (χ0) is 17.4. The molecule has 0 radical (unpaired) electrons. The van der Waals surface area contributed by atoms with Crippen LogP contribution in [0.3, 0.4) is 0 Å². The molecule has 1 N–H and O–H groups in total. The lowest BCUT2D eigenvalue weighted by molar-refractivity contribution is 0.411. The molecule has 2 heterocycles. The van der Waals surface area contributed by atoms with E-state index in [1.54, 1.807) is 18.4 Å². The van der Waals surface area contributed by atoms with Gasteiger partial charge in [0, 0.05) is 16.2 Å². The molecular formula is C19H20N2O2S2. The number of hydrogen-bond acceptors (Lipinski definition) is 5. The van der Waals surface area contributed by atoms with E-state index in [1.165, 1.54) is 22.2 Å². The van der Waals surface area contributed by atoms with Crippen LogP contribution in [-0.2, 0) is 18.6 Å². The van der Waals surface area contributed by atoms with Crippen molar-refractivity contribution in [2.75, 3.05) is 7.11 Å². The monoisotopic (exact) mass is 372 g/mol. The van der Waals surface area contributed by atoms with Crippen LogP contribution in [0.2, 0.25) is 0 Å². The molecule has 1 aromatic carbocycles. The molecule has 1 aliphatic carbocycles. The van der Waals surface area contributed by atoms with Crippen molar-refractivity contribution in [2.24, 2.45) is 5.92 Å². The fourth-order valence-corrected chi connectivity index (χ4v) is 5.66. The number of rotatable bonds is 4. The standard InChI is InChI=1S/C19H20N2O2S2/c1-11-7-8-13-15(9-11)25-18-16(13)17(22)20-19(21-18)24-10-12-5-3-4-6-14(12)23-2/h3-6,11H,7-10H2,1-2H3,(H,20,21,22)/t11-/m1/s1. The van der Waals surface area contributed by atoms with Crippen LogP contribution in [0.1, 0.15) is 29.3 Å². The average molecular weight is 373 g/mol. The van der Waals surface area contributed by atoms with E-state index in [9.17, 15) is 4.79 Å². The maximum atomic E-state index is 12.6. The normalized spacial score (nSPS) is 16.8. The van der Waals surface area contributed by atoms with Gasteiger partial charge in [-0.1, -0.05) is 36.9 Å². The molecule has 0 saturated carbocycles. The van der Waals surface area contributed by atoms with E-state index in [0.717, 1.165) is 40.8 Å². The largest absolute Gasteiger partial charge is 0.496 e. The minimum absolute atomic E-state index is 0.000389. The van der Waals surface area contributed by atoms with Crippen LogP contribution in [0, 0.1) is 5.92 Å². The Morgan fingerprint density at radius 1 is 1.40 bits per heavy atom. The zero-order valence-electron chi connectivity index (χ0n) is 14.3. The quantitative estimate of drug-likeness (QED) is 0.544. The number of thioether (sulfide) groups is 1. The molecule has 0 bridgehead atoms. The van der Waals surface area contributed by atoms with E-state index in [1.807, 2.05) is 24.3 Å². The summed E-state index contributed by atoms with van der Waals surface area (Å²) in [6, 6.07) is 7.93. The van der Waals surface area contributed by atoms with Gasteiger partial charge in [0.15, 0.2) is 5.16 Å². The summed E-state index contributed by atoms with van der Waals surface area (Å²) in [5.74, 6) is 2.26. The van der Waals surface area contributed by atoms with E-state index in [2.05, 4.69) is 11.9 Å². The molecule has 0 spiro atoms. The molecule has 1 atom stereocenters. The number of hydrogen-bond donors (Lipinski definition) is 1. The molecule has 6 heteroatoms. The van der Waals surface area contributed by atoms with Gasteiger partial charge in [-0.05, 0) is 36.8 Å². The number of para-hydroxylation sites is 1. The van der Waals surface area contributed by atoms with Gasteiger partial charge in [0.25, 0.3) is 5.56 Å². The first-order valence-electron chi connectivity index (χ1n) is 8.45. The first kappa shape index (κ1) is 16.7. The van der Waals surface area contributed by atoms with Gasteiger partial charge in [-0.25, -0.2) is 4.98 Å². The number of nitrogens with one attached hydrogen (secondary N) is 1. The van der Waals surface area contributed by atoms with Gasteiger partial charge >= 0.3 is 0 Å². The molecule has 0 aliphatic heterocycles. The molecule has 4 rings (SSSR count). The highest BCUT2D eigenvalue weighted by molar-refractivity contribution is 7.98. The lowest BCUT2D eigenvalue weighted by Gasteiger charge is -2.17. The van der Waals surface area contributed by atoms with Gasteiger partial charge in [-0.2, -0.15) is 0 Å². The van der Waals surface area contributed by atoms with Gasteiger partial charge < -0.3 is 9.72 Å². The van der Waals surface area contributed by atoms with Crippen molar-refractivity contribution in [2.45, 2.75) is 37.1 Å². The predicted molar refractivity (Wildman–Crippen MR) is 104 cm³/mol. The second kappa shape index (κ2) is 6.84. The van der Waals surface area contributed by atoms with E-state index in [4.69, 9.17) is 9.72 Å². The van der Waals surface area contributed by atoms with Crippen molar-refractivity contribution in [3.8, 4) is 5.75 Å². The minimum atomic E-state index is -0.000389. The van der Waals surface area contributed by atoms with Crippen LogP contribution in [-0.4, -0.2) is 17.1 Å². The van der Waals surface area contributed by atoms with Crippen molar-refractivity contribution >= 4 is 33.3 Å². The van der Waals surface area contributed by atoms with Gasteiger partial charge in [0.2, 0.25) is 0 Å². The topological polar surface area (TPSA) is 55.0 Å². The van der Waals surface area contributed by atoms with Gasteiger partial charge in [0.1, 0.15) is 10.6 Å². The third-order valence-corrected chi connectivity index (χ3v) is 6.77. The number of aromatic nitrogens is 2. The first-order chi connectivity index (χ1) is 12.2. The number of H-pyrrole nitrogens is 1. The summed E-state index contributed by atoms with van der Waals surface area (Å²) < 4.78 is 5.39. The number of aromatic amines is 1. The van der Waals surface area contributed by atoms with E-state index < -0.39 is 0 Å². The second-order valence-electron chi connectivity index (χ2n) is 6.50. The lowest BCUT2D eigenvalue weighted by Crippen LogP contribution is -2.13. The number of nitrogens with zero attached hydrogens (tertiary/aromatic N) is 1. The third-order valence-electron chi connectivity index (χ3n) is 4.70. The smallest absolute Gasteiger partial charge is 0.260 e. The summed E-state index contributed by atoms with van der Waals surface area (Å²) in [5, 5.41) is 1.49. The summed E-state index contributed by atoms with van der Waals surface area (Å²) in [6.45, 7) is 2.28. The van der Waals surface area contributed by atoms with Gasteiger partial charge in [0.05, 0.1) is 12.5 Å². The number of fused-ring (bicyclic) bond motifs is 3. The predicted octanol–water partition coefficient (Wildman–Crippen LogP) is 4.41. The summed E-state index contributed by atoms with van der Waals surface area (Å²) in [4.78, 5) is 22.5. The molecule has 130 valence electrons. The Morgan fingerprint density at radius 3 is 3.08 bits per heavy atom. The highest BCUT2D eigenvalue weighted by atomic mass is 32.2. The van der Waals surface area contributed by atoms with Crippen molar-refractivity contribution in [3.05, 3.63) is 50.6 Å². The Labute approximate surface area is 154 Å². The second-order valence-corrected chi connectivity index (χ2v) is 8.55. The van der Waals surface area contributed by atoms with E-state index in [0.29, 0.717) is 16.8 Å². The highest BCUT2D eigenvalue weighted by Gasteiger charge is 2.23. The molecule has 0 fully saturated rings. The Kier molecular flexibility index (Phi) is 4.56. The van der Waals surface area contributed by atoms with Crippen LogP contribution < -0.4 is 10.3 Å². The maximum Gasteiger partial charge on any atom is 0.260 e. The summed E-state index contributed by atoms with van der Waals surface area (Å²) >= 11 is 3.23. The fourth-order valence-electron chi connectivity index (χ4n) is 3.37. The van der Waals surface area contributed by atoms with E-state index in [-0.39, 0.29) is 5.56 Å². The number of methoxy groups -OCH3 is 1. The maximum absolute atomic E-state index is 12.6. The molecular weight excluding hydrogens is 352 g/mol. The molecule has 0 saturated heterocycles. The van der Waals surface area contributed by atoms with Crippen molar-refractivity contribution in [1.82, 2.24) is 9.97 Å². The average Bonchev–Trinajstić information content (AvgIpc) is 2.97. The van der Waals surface area contributed by atoms with Crippen molar-refractivity contribution < 1.29 is 4.74 Å². The van der Waals surface area contributed by atoms with Crippen molar-refractivity contribution in [1.29, 1.82) is 0 Å². The first-order valence-corrected chi connectivity index (χ1v) is 10.2. The number of benzene rings is 1. The molecule has 0 unspecified atom stereocenters. The molecule has 4 nitrogen and oxygen atoms in total. The Balaban J connectivity index is 1.64. The Morgan fingerprint density at radius 2 is 2.24 bits per heavy atom. The van der Waals surface area contributed by atoms with Crippen LogP contribution in [0.4, 0.5) is 0 Å². The molecule has 3 aromatic rings. The molecule has 1 aliphatic rings. The van der Waals surface area contributed by atoms with Crippen LogP contribution >= 0.6 is 23.1 Å². The van der Waals surface area contributed by atoms with Crippen LogP contribution in [0.15, 0.2) is 34.2 Å². The Bertz CT molecular complexity index is 977. The number of aryl methyl sites for hydroxylation is 1. The minimum Gasteiger partial charge on any atom is -0.496 e. The third kappa shape index (κ3) is 3.20. The molecule has 25 heavy (non-hydrogen) atoms. The highest BCUT2D eigenvalue weighted by Crippen LogP contribution is 2.36. The Hall–Kier alpha value is -1.79. The van der Waals surface area contributed by atoms with Crippen LogP contribution in [0.25, 0.3) is 10.2 Å². The molecule has 2 aromatic heterocycles. The van der Waals surface area contributed by atoms with Gasteiger partial charge in [-0.3, -0.25) is 4.79 Å². The fraction of sp³-hybridized carbons (Fsp3) is 0.368. The van der Waals surface area contributed by atoms with Crippen molar-refractivity contribution in [3.63, 3.8) is 0 Å². The lowest BCUT2D eigenvalue weighted by atomic mass is 9.89. The summed E-state index contributed by atoms with van der Waals surface area (Å²) in [6.07, 6.45) is 3.22. The van der Waals surface area contributed by atoms with Gasteiger partial charge in [-0.15, -0.1) is 11.3 Å². The molecule has 0 amide bonds. The summed E-state index contributed by atoms with van der Waals surface area (Å²) in [5.41, 5.74) is 2.32.